The number of nitrogens with zero attached hydrogens (tertiary/aromatic N) is 2. The van der Waals surface area contributed by atoms with Crippen molar-refractivity contribution in [1.82, 2.24) is 9.97 Å². The molecule has 0 atom stereocenters. The molecule has 0 aromatic carbocycles. The Hall–Kier alpha value is -1.32. The third-order valence-corrected chi connectivity index (χ3v) is 2.65. The topological polar surface area (TPSA) is 49.8 Å². The molecule has 82 valence electrons. The second-order valence-corrected chi connectivity index (χ2v) is 4.02. The van der Waals surface area contributed by atoms with Gasteiger partial charge in [0, 0.05) is 24.3 Å². The lowest BCUT2D eigenvalue weighted by Gasteiger charge is -2.27. The molecule has 0 radical (unpaired) electrons. The van der Waals surface area contributed by atoms with E-state index < -0.39 is 0 Å². The van der Waals surface area contributed by atoms with Crippen LogP contribution >= 0.6 is 0 Å². The maximum absolute atomic E-state index is 4.41. The van der Waals surface area contributed by atoms with Crippen LogP contribution in [0.3, 0.4) is 0 Å². The minimum Gasteiger partial charge on any atom is -0.367 e. The average molecular weight is 206 g/mol. The van der Waals surface area contributed by atoms with E-state index in [4.69, 9.17) is 0 Å². The molecule has 15 heavy (non-hydrogen) atoms. The number of hydrogen-bond acceptors (Lipinski definition) is 4. The van der Waals surface area contributed by atoms with Crippen molar-refractivity contribution in [3.63, 3.8) is 0 Å². The number of nitrogens with one attached hydrogen (secondary N) is 2. The fraction of sp³-hybridized carbons (Fsp3) is 0.636. The van der Waals surface area contributed by atoms with Crippen LogP contribution in [0.2, 0.25) is 0 Å². The van der Waals surface area contributed by atoms with Gasteiger partial charge in [-0.1, -0.05) is 0 Å². The van der Waals surface area contributed by atoms with Crippen molar-refractivity contribution in [3.05, 3.63) is 11.8 Å². The second-order valence-electron chi connectivity index (χ2n) is 4.02. The summed E-state index contributed by atoms with van der Waals surface area (Å²) in [7, 11) is 0. The third-order valence-electron chi connectivity index (χ3n) is 2.65. The molecular formula is C11H18N4. The van der Waals surface area contributed by atoms with Crippen LogP contribution in [-0.4, -0.2) is 22.6 Å². The average Bonchev–Trinajstić information content (AvgIpc) is 2.11. The number of hydrogen-bond donors (Lipinski definition) is 2. The number of rotatable bonds is 4. The highest BCUT2D eigenvalue weighted by molar-refractivity contribution is 5.43. The highest BCUT2D eigenvalue weighted by atomic mass is 15.1. The second kappa shape index (κ2) is 4.47. The van der Waals surface area contributed by atoms with Gasteiger partial charge >= 0.3 is 0 Å². The molecule has 0 amide bonds. The number of aromatic nitrogens is 2. The Morgan fingerprint density at radius 3 is 2.80 bits per heavy atom. The lowest BCUT2D eigenvalue weighted by Crippen LogP contribution is -2.27. The van der Waals surface area contributed by atoms with Crippen molar-refractivity contribution in [2.45, 2.75) is 39.2 Å². The Morgan fingerprint density at radius 1 is 1.40 bits per heavy atom. The minimum absolute atomic E-state index is 0.619. The molecule has 1 heterocycles. The fourth-order valence-corrected chi connectivity index (χ4v) is 1.64. The Labute approximate surface area is 90.5 Å². The van der Waals surface area contributed by atoms with Crippen molar-refractivity contribution in [2.75, 3.05) is 17.2 Å². The molecule has 1 fully saturated rings. The van der Waals surface area contributed by atoms with E-state index in [2.05, 4.69) is 20.6 Å². The van der Waals surface area contributed by atoms with Gasteiger partial charge in [-0.3, -0.25) is 0 Å². The van der Waals surface area contributed by atoms with Gasteiger partial charge in [0.05, 0.1) is 0 Å². The SMILES string of the molecule is CCNc1nc(C)cc(NC2CCC2)n1. The quantitative estimate of drug-likeness (QED) is 0.792. The van der Waals surface area contributed by atoms with E-state index in [1.807, 2.05) is 19.9 Å². The van der Waals surface area contributed by atoms with E-state index in [1.54, 1.807) is 0 Å². The summed E-state index contributed by atoms with van der Waals surface area (Å²) in [6.07, 6.45) is 3.86. The molecule has 2 N–H and O–H groups in total. The molecule has 2 rings (SSSR count). The van der Waals surface area contributed by atoms with E-state index in [1.165, 1.54) is 19.3 Å². The van der Waals surface area contributed by atoms with Crippen molar-refractivity contribution < 1.29 is 0 Å². The molecule has 1 aliphatic carbocycles. The predicted octanol–water partition coefficient (Wildman–Crippen LogP) is 2.18. The molecule has 0 unspecified atom stereocenters. The molecule has 0 bridgehead atoms. The normalized spacial score (nSPS) is 15.9. The van der Waals surface area contributed by atoms with Gasteiger partial charge < -0.3 is 10.6 Å². The van der Waals surface area contributed by atoms with Crippen LogP contribution in [0.1, 0.15) is 31.9 Å². The Morgan fingerprint density at radius 2 is 2.20 bits per heavy atom. The summed E-state index contributed by atoms with van der Waals surface area (Å²) in [6.45, 7) is 4.89. The molecular weight excluding hydrogens is 188 g/mol. The van der Waals surface area contributed by atoms with Crippen LogP contribution in [0.25, 0.3) is 0 Å². The first-order chi connectivity index (χ1) is 7.28. The van der Waals surface area contributed by atoms with Crippen LogP contribution in [0, 0.1) is 6.92 Å². The molecule has 0 aliphatic heterocycles. The largest absolute Gasteiger partial charge is 0.367 e. The minimum atomic E-state index is 0.619. The van der Waals surface area contributed by atoms with Crippen LogP contribution < -0.4 is 10.6 Å². The first-order valence-corrected chi connectivity index (χ1v) is 5.64. The molecule has 1 aromatic heterocycles. The highest BCUT2D eigenvalue weighted by Gasteiger charge is 2.17. The Kier molecular flexibility index (Phi) is 3.04. The van der Waals surface area contributed by atoms with Crippen LogP contribution in [0.5, 0.6) is 0 Å². The van der Waals surface area contributed by atoms with Crippen LogP contribution in [0.15, 0.2) is 6.07 Å². The van der Waals surface area contributed by atoms with Crippen molar-refractivity contribution in [3.8, 4) is 0 Å². The monoisotopic (exact) mass is 206 g/mol. The third kappa shape index (κ3) is 2.58. The summed E-state index contributed by atoms with van der Waals surface area (Å²) in [5.74, 6) is 1.67. The summed E-state index contributed by atoms with van der Waals surface area (Å²) < 4.78 is 0. The summed E-state index contributed by atoms with van der Waals surface area (Å²) in [6, 6.07) is 2.62. The predicted molar refractivity (Wildman–Crippen MR) is 62.2 cm³/mol. The fourth-order valence-electron chi connectivity index (χ4n) is 1.64. The zero-order chi connectivity index (χ0) is 10.7. The zero-order valence-electron chi connectivity index (χ0n) is 9.38. The summed E-state index contributed by atoms with van der Waals surface area (Å²) in [4.78, 5) is 8.72. The standard InChI is InChI=1S/C11H18N4/c1-3-12-11-13-8(2)7-10(15-11)14-9-5-4-6-9/h7,9H,3-6H2,1-2H3,(H2,12,13,14,15). The van der Waals surface area contributed by atoms with Crippen molar-refractivity contribution in [2.24, 2.45) is 0 Å². The zero-order valence-corrected chi connectivity index (χ0v) is 9.38. The summed E-state index contributed by atoms with van der Waals surface area (Å²) in [5, 5.41) is 6.56. The maximum atomic E-state index is 4.41. The van der Waals surface area contributed by atoms with Crippen molar-refractivity contribution >= 4 is 11.8 Å². The van der Waals surface area contributed by atoms with Crippen LogP contribution in [0.4, 0.5) is 11.8 Å². The molecule has 1 aliphatic rings. The van der Waals surface area contributed by atoms with E-state index in [-0.39, 0.29) is 0 Å². The van der Waals surface area contributed by atoms with Gasteiger partial charge in [0.15, 0.2) is 0 Å². The molecule has 4 heteroatoms. The smallest absolute Gasteiger partial charge is 0.224 e. The Bertz CT molecular complexity index is 333. The first kappa shape index (κ1) is 10.2. The highest BCUT2D eigenvalue weighted by Crippen LogP contribution is 2.22. The van der Waals surface area contributed by atoms with Gasteiger partial charge in [-0.2, -0.15) is 4.98 Å². The van der Waals surface area contributed by atoms with Gasteiger partial charge in [0.2, 0.25) is 5.95 Å². The molecule has 4 nitrogen and oxygen atoms in total. The van der Waals surface area contributed by atoms with Gasteiger partial charge in [-0.15, -0.1) is 0 Å². The lowest BCUT2D eigenvalue weighted by molar-refractivity contribution is 0.444. The van der Waals surface area contributed by atoms with Crippen LogP contribution in [-0.2, 0) is 0 Å². The van der Waals surface area contributed by atoms with Crippen molar-refractivity contribution in [1.29, 1.82) is 0 Å². The molecule has 1 aromatic rings. The van der Waals surface area contributed by atoms with E-state index in [0.717, 1.165) is 24.0 Å². The van der Waals surface area contributed by atoms with Gasteiger partial charge in [0.1, 0.15) is 5.82 Å². The summed E-state index contributed by atoms with van der Waals surface area (Å²) in [5.41, 5.74) is 1.00. The van der Waals surface area contributed by atoms with Gasteiger partial charge in [0.25, 0.3) is 0 Å². The molecule has 0 saturated heterocycles. The van der Waals surface area contributed by atoms with E-state index in [0.29, 0.717) is 6.04 Å². The van der Waals surface area contributed by atoms with E-state index in [9.17, 15) is 0 Å². The number of anilines is 2. The van der Waals surface area contributed by atoms with Gasteiger partial charge in [-0.25, -0.2) is 4.98 Å². The number of aryl methyl sites for hydroxylation is 1. The Balaban J connectivity index is 2.07. The first-order valence-electron chi connectivity index (χ1n) is 5.64. The maximum Gasteiger partial charge on any atom is 0.224 e. The molecule has 0 spiro atoms. The van der Waals surface area contributed by atoms with E-state index >= 15 is 0 Å². The lowest BCUT2D eigenvalue weighted by atomic mass is 9.93. The molecule has 1 saturated carbocycles. The summed E-state index contributed by atoms with van der Waals surface area (Å²) >= 11 is 0. The van der Waals surface area contributed by atoms with Gasteiger partial charge in [-0.05, 0) is 33.1 Å².